The molecule has 1 aromatic carbocycles. The molecule has 1 heterocycles. The average Bonchev–Trinajstić information content (AvgIpc) is 2.41. The van der Waals surface area contributed by atoms with Crippen molar-refractivity contribution in [3.05, 3.63) is 33.1 Å². The van der Waals surface area contributed by atoms with Crippen molar-refractivity contribution in [3.63, 3.8) is 0 Å². The number of amides is 1. The molecule has 0 atom stereocenters. The van der Waals surface area contributed by atoms with E-state index < -0.39 is 0 Å². The van der Waals surface area contributed by atoms with Crippen LogP contribution >= 0.6 is 22.6 Å². The third-order valence-electron chi connectivity index (χ3n) is 3.95. The van der Waals surface area contributed by atoms with Crippen molar-refractivity contribution in [1.82, 2.24) is 10.2 Å². The Labute approximate surface area is 139 Å². The van der Waals surface area contributed by atoms with E-state index in [4.69, 9.17) is 0 Å². The lowest BCUT2D eigenvalue weighted by molar-refractivity contribution is 0.0811. The van der Waals surface area contributed by atoms with Gasteiger partial charge in [-0.3, -0.25) is 9.69 Å². The molecule has 5 heteroatoms. The zero-order chi connectivity index (χ0) is 15.6. The van der Waals surface area contributed by atoms with Crippen LogP contribution in [0.4, 0.5) is 4.39 Å². The number of hydrogen-bond acceptors (Lipinski definition) is 2. The largest absolute Gasteiger partial charge is 0.349 e. The number of carbonyl (C=O) groups is 1. The van der Waals surface area contributed by atoms with Crippen molar-refractivity contribution >= 4 is 28.5 Å². The molecule has 1 fully saturated rings. The zero-order valence-corrected chi connectivity index (χ0v) is 14.9. The van der Waals surface area contributed by atoms with Gasteiger partial charge in [0, 0.05) is 28.2 Å². The summed E-state index contributed by atoms with van der Waals surface area (Å²) in [4.78, 5) is 14.7. The standard InChI is InChI=1S/C16H22FIN2O/c1-16(2,3)20-8-6-12(7-9-20)19-15(21)13-10-11(17)4-5-14(13)18/h4-5,10,12H,6-9H2,1-3H3,(H,19,21). The van der Waals surface area contributed by atoms with E-state index in [9.17, 15) is 9.18 Å². The summed E-state index contributed by atoms with van der Waals surface area (Å²) in [7, 11) is 0. The molecular formula is C16H22FIN2O. The highest BCUT2D eigenvalue weighted by Crippen LogP contribution is 2.21. The molecule has 0 radical (unpaired) electrons. The molecule has 1 aromatic rings. The third-order valence-corrected chi connectivity index (χ3v) is 4.89. The van der Waals surface area contributed by atoms with E-state index in [1.54, 1.807) is 6.07 Å². The molecule has 1 N–H and O–H groups in total. The molecule has 0 aliphatic carbocycles. The lowest BCUT2D eigenvalue weighted by atomic mass is 9.98. The van der Waals surface area contributed by atoms with E-state index in [1.807, 2.05) is 0 Å². The minimum absolute atomic E-state index is 0.173. The van der Waals surface area contributed by atoms with Crippen LogP contribution in [0.15, 0.2) is 18.2 Å². The number of piperidine rings is 1. The molecule has 0 aromatic heterocycles. The van der Waals surface area contributed by atoms with E-state index in [2.05, 4.69) is 53.6 Å². The molecule has 21 heavy (non-hydrogen) atoms. The molecule has 0 bridgehead atoms. The van der Waals surface area contributed by atoms with E-state index >= 15 is 0 Å². The van der Waals surface area contributed by atoms with E-state index in [1.165, 1.54) is 12.1 Å². The van der Waals surface area contributed by atoms with Crippen LogP contribution in [0.5, 0.6) is 0 Å². The van der Waals surface area contributed by atoms with Gasteiger partial charge >= 0.3 is 0 Å². The van der Waals surface area contributed by atoms with Gasteiger partial charge in [-0.05, 0) is 74.4 Å². The summed E-state index contributed by atoms with van der Waals surface area (Å²) in [5.41, 5.74) is 0.598. The lowest BCUT2D eigenvalue weighted by Gasteiger charge is -2.41. The molecule has 0 spiro atoms. The van der Waals surface area contributed by atoms with E-state index in [0.29, 0.717) is 5.56 Å². The number of benzene rings is 1. The number of rotatable bonds is 2. The van der Waals surface area contributed by atoms with Crippen LogP contribution in [0, 0.1) is 9.39 Å². The van der Waals surface area contributed by atoms with Gasteiger partial charge in [-0.15, -0.1) is 0 Å². The van der Waals surface area contributed by atoms with Gasteiger partial charge in [0.15, 0.2) is 0 Å². The normalized spacial score (nSPS) is 17.8. The van der Waals surface area contributed by atoms with Gasteiger partial charge in [-0.25, -0.2) is 4.39 Å². The quantitative estimate of drug-likeness (QED) is 0.767. The smallest absolute Gasteiger partial charge is 0.252 e. The number of halogens is 2. The van der Waals surface area contributed by atoms with Crippen LogP contribution < -0.4 is 5.32 Å². The molecule has 0 unspecified atom stereocenters. The predicted molar refractivity (Wildman–Crippen MR) is 90.9 cm³/mol. The van der Waals surface area contributed by atoms with Crippen LogP contribution in [0.2, 0.25) is 0 Å². The highest BCUT2D eigenvalue weighted by molar-refractivity contribution is 14.1. The Morgan fingerprint density at radius 2 is 1.95 bits per heavy atom. The van der Waals surface area contributed by atoms with E-state index in [0.717, 1.165) is 29.5 Å². The summed E-state index contributed by atoms with van der Waals surface area (Å²) in [6, 6.07) is 4.49. The van der Waals surface area contributed by atoms with Crippen molar-refractivity contribution in [2.75, 3.05) is 13.1 Å². The second-order valence-corrected chi connectivity index (χ2v) is 7.69. The summed E-state index contributed by atoms with van der Waals surface area (Å²) < 4.78 is 14.1. The highest BCUT2D eigenvalue weighted by Gasteiger charge is 2.28. The van der Waals surface area contributed by atoms with Crippen molar-refractivity contribution < 1.29 is 9.18 Å². The molecule has 0 saturated carbocycles. The Morgan fingerprint density at radius 3 is 2.52 bits per heavy atom. The molecule has 1 saturated heterocycles. The fourth-order valence-corrected chi connectivity index (χ4v) is 3.21. The second-order valence-electron chi connectivity index (χ2n) is 6.53. The molecule has 2 rings (SSSR count). The summed E-state index contributed by atoms with van der Waals surface area (Å²) in [5.74, 6) is -0.545. The average molecular weight is 404 g/mol. The monoisotopic (exact) mass is 404 g/mol. The number of likely N-dealkylation sites (tertiary alicyclic amines) is 1. The van der Waals surface area contributed by atoms with Crippen molar-refractivity contribution in [1.29, 1.82) is 0 Å². The number of nitrogens with one attached hydrogen (secondary N) is 1. The first-order valence-corrected chi connectivity index (χ1v) is 8.36. The summed E-state index contributed by atoms with van der Waals surface area (Å²) in [6.45, 7) is 8.59. The topological polar surface area (TPSA) is 32.3 Å². The number of hydrogen-bond donors (Lipinski definition) is 1. The fraction of sp³-hybridized carbons (Fsp3) is 0.562. The Morgan fingerprint density at radius 1 is 1.33 bits per heavy atom. The third kappa shape index (κ3) is 4.39. The maximum absolute atomic E-state index is 13.3. The summed E-state index contributed by atoms with van der Waals surface area (Å²) in [5, 5.41) is 3.04. The zero-order valence-electron chi connectivity index (χ0n) is 12.7. The predicted octanol–water partition coefficient (Wildman–Crippen LogP) is 3.42. The maximum atomic E-state index is 13.3. The number of nitrogens with zero attached hydrogens (tertiary/aromatic N) is 1. The SMILES string of the molecule is CC(C)(C)N1CCC(NC(=O)c2cc(F)ccc2I)CC1. The van der Waals surface area contributed by atoms with Crippen LogP contribution in [-0.4, -0.2) is 35.5 Å². The van der Waals surface area contributed by atoms with Crippen molar-refractivity contribution in [2.24, 2.45) is 0 Å². The van der Waals surface area contributed by atoms with Gasteiger partial charge in [-0.2, -0.15) is 0 Å². The van der Waals surface area contributed by atoms with Gasteiger partial charge < -0.3 is 5.32 Å². The Kier molecular flexibility index (Phi) is 5.24. The molecular weight excluding hydrogens is 382 g/mol. The van der Waals surface area contributed by atoms with Crippen molar-refractivity contribution in [3.8, 4) is 0 Å². The maximum Gasteiger partial charge on any atom is 0.252 e. The first-order valence-electron chi connectivity index (χ1n) is 7.28. The minimum atomic E-state index is -0.372. The van der Waals surface area contributed by atoms with Crippen LogP contribution in [0.3, 0.4) is 0 Å². The first-order chi connectivity index (χ1) is 9.77. The lowest BCUT2D eigenvalue weighted by Crippen LogP contribution is -2.50. The molecule has 3 nitrogen and oxygen atoms in total. The molecule has 116 valence electrons. The van der Waals surface area contributed by atoms with E-state index in [-0.39, 0.29) is 23.3 Å². The highest BCUT2D eigenvalue weighted by atomic mass is 127. The summed E-state index contributed by atoms with van der Waals surface area (Å²) >= 11 is 2.06. The minimum Gasteiger partial charge on any atom is -0.349 e. The Balaban J connectivity index is 1.94. The first kappa shape index (κ1) is 16.7. The van der Waals surface area contributed by atoms with Crippen LogP contribution in [0.25, 0.3) is 0 Å². The van der Waals surface area contributed by atoms with Gasteiger partial charge in [0.25, 0.3) is 5.91 Å². The fourth-order valence-electron chi connectivity index (χ4n) is 2.63. The van der Waals surface area contributed by atoms with Crippen LogP contribution in [0.1, 0.15) is 44.0 Å². The molecule has 1 amide bonds. The van der Waals surface area contributed by atoms with Gasteiger partial charge in [0.2, 0.25) is 0 Å². The Hall–Kier alpha value is -0.690. The second kappa shape index (κ2) is 6.60. The Bertz CT molecular complexity index is 519. The van der Waals surface area contributed by atoms with Gasteiger partial charge in [0.05, 0.1) is 5.56 Å². The molecule has 1 aliphatic rings. The number of carbonyl (C=O) groups excluding carboxylic acids is 1. The van der Waals surface area contributed by atoms with Gasteiger partial charge in [0.1, 0.15) is 5.82 Å². The summed E-state index contributed by atoms with van der Waals surface area (Å²) in [6.07, 6.45) is 1.88. The van der Waals surface area contributed by atoms with Gasteiger partial charge in [-0.1, -0.05) is 0 Å². The molecule has 1 aliphatic heterocycles. The van der Waals surface area contributed by atoms with Crippen LogP contribution in [-0.2, 0) is 0 Å². The van der Waals surface area contributed by atoms with Crippen molar-refractivity contribution in [2.45, 2.75) is 45.2 Å².